The molecule has 0 bridgehead atoms. The highest BCUT2D eigenvalue weighted by atomic mass is 16.3. The number of hydrogen-bond donors (Lipinski definition) is 2. The molecular formula is C16H35NO. The maximum Gasteiger partial charge on any atom is 0.0436 e. The Bertz CT molecular complexity index is 168. The molecular weight excluding hydrogens is 222 g/mol. The van der Waals surface area contributed by atoms with E-state index in [0.29, 0.717) is 6.61 Å². The summed E-state index contributed by atoms with van der Waals surface area (Å²) in [5, 5.41) is 12.4. The molecule has 0 saturated heterocycles. The van der Waals surface area contributed by atoms with E-state index in [4.69, 9.17) is 5.11 Å². The molecule has 0 heterocycles. The fraction of sp³-hybridized carbons (Fsp3) is 1.00. The van der Waals surface area contributed by atoms with Crippen LogP contribution in [0, 0.1) is 5.41 Å². The van der Waals surface area contributed by atoms with Crippen LogP contribution in [0.2, 0.25) is 0 Å². The summed E-state index contributed by atoms with van der Waals surface area (Å²) in [5.74, 6) is 0. The molecule has 2 nitrogen and oxygen atoms in total. The molecule has 2 heteroatoms. The van der Waals surface area contributed by atoms with E-state index in [1.54, 1.807) is 0 Å². The Morgan fingerprint density at radius 1 is 0.889 bits per heavy atom. The predicted octanol–water partition coefficient (Wildman–Crippen LogP) is 4.13. The van der Waals surface area contributed by atoms with Crippen molar-refractivity contribution in [3.05, 3.63) is 0 Å². The Hall–Kier alpha value is -0.0800. The van der Waals surface area contributed by atoms with Crippen molar-refractivity contribution in [3.8, 4) is 0 Å². The van der Waals surface area contributed by atoms with Crippen LogP contribution in [0.25, 0.3) is 0 Å². The number of aliphatic hydroxyl groups excluding tert-OH is 1. The van der Waals surface area contributed by atoms with E-state index in [1.807, 2.05) is 0 Å². The van der Waals surface area contributed by atoms with Gasteiger partial charge in [-0.05, 0) is 24.8 Å². The second-order valence-electron chi connectivity index (χ2n) is 6.29. The lowest BCUT2D eigenvalue weighted by Crippen LogP contribution is -2.30. The van der Waals surface area contributed by atoms with Crippen LogP contribution in [-0.4, -0.2) is 24.8 Å². The third-order valence-corrected chi connectivity index (χ3v) is 3.60. The second kappa shape index (κ2) is 12.0. The smallest absolute Gasteiger partial charge is 0.0436 e. The molecule has 0 spiro atoms. The lowest BCUT2D eigenvalue weighted by atomic mass is 9.90. The molecule has 0 aliphatic rings. The molecule has 2 N–H and O–H groups in total. The SMILES string of the molecule is CCCCCCCCCCNCC(C)(C)CCO. The number of nitrogens with one attached hydrogen (secondary N) is 1. The van der Waals surface area contributed by atoms with E-state index in [0.717, 1.165) is 19.5 Å². The van der Waals surface area contributed by atoms with Crippen molar-refractivity contribution in [2.75, 3.05) is 19.7 Å². The quantitative estimate of drug-likeness (QED) is 0.486. The van der Waals surface area contributed by atoms with Gasteiger partial charge in [0.2, 0.25) is 0 Å². The highest BCUT2D eigenvalue weighted by Gasteiger charge is 2.15. The van der Waals surface area contributed by atoms with E-state index >= 15 is 0 Å². The highest BCUT2D eigenvalue weighted by Crippen LogP contribution is 2.17. The molecule has 0 unspecified atom stereocenters. The van der Waals surface area contributed by atoms with Gasteiger partial charge in [0.05, 0.1) is 0 Å². The summed E-state index contributed by atoms with van der Waals surface area (Å²) >= 11 is 0. The van der Waals surface area contributed by atoms with Crippen LogP contribution in [0.4, 0.5) is 0 Å². The highest BCUT2D eigenvalue weighted by molar-refractivity contribution is 4.70. The molecule has 0 fully saturated rings. The largest absolute Gasteiger partial charge is 0.396 e. The van der Waals surface area contributed by atoms with Crippen LogP contribution in [0.5, 0.6) is 0 Å². The Kier molecular flexibility index (Phi) is 11.9. The van der Waals surface area contributed by atoms with Gasteiger partial charge in [-0.3, -0.25) is 0 Å². The van der Waals surface area contributed by atoms with Crippen molar-refractivity contribution >= 4 is 0 Å². The van der Waals surface area contributed by atoms with Gasteiger partial charge in [0.25, 0.3) is 0 Å². The van der Waals surface area contributed by atoms with Gasteiger partial charge in [-0.25, -0.2) is 0 Å². The van der Waals surface area contributed by atoms with Gasteiger partial charge in [-0.15, -0.1) is 0 Å². The summed E-state index contributed by atoms with van der Waals surface area (Å²) in [7, 11) is 0. The zero-order valence-corrected chi connectivity index (χ0v) is 12.9. The fourth-order valence-electron chi connectivity index (χ4n) is 2.20. The standard InChI is InChI=1S/C16H35NO/c1-4-5-6-7-8-9-10-11-13-17-15-16(2,3)12-14-18/h17-18H,4-15H2,1-3H3. The molecule has 0 aromatic carbocycles. The second-order valence-corrected chi connectivity index (χ2v) is 6.29. The number of rotatable bonds is 13. The minimum absolute atomic E-state index is 0.231. The molecule has 0 saturated carbocycles. The lowest BCUT2D eigenvalue weighted by molar-refractivity contribution is 0.207. The molecule has 0 rings (SSSR count). The molecule has 18 heavy (non-hydrogen) atoms. The van der Waals surface area contributed by atoms with Crippen molar-refractivity contribution in [3.63, 3.8) is 0 Å². The summed E-state index contributed by atoms with van der Waals surface area (Å²) in [4.78, 5) is 0. The van der Waals surface area contributed by atoms with Crippen molar-refractivity contribution in [2.45, 2.75) is 78.6 Å². The zero-order valence-electron chi connectivity index (χ0n) is 12.9. The third kappa shape index (κ3) is 12.4. The van der Waals surface area contributed by atoms with Crippen LogP contribution in [-0.2, 0) is 0 Å². The minimum atomic E-state index is 0.231. The first kappa shape index (κ1) is 17.9. The van der Waals surface area contributed by atoms with Crippen molar-refractivity contribution in [1.29, 1.82) is 0 Å². The van der Waals surface area contributed by atoms with Crippen molar-refractivity contribution in [2.24, 2.45) is 5.41 Å². The summed E-state index contributed by atoms with van der Waals surface area (Å²) in [5.41, 5.74) is 0.231. The molecule has 0 aliphatic heterocycles. The van der Waals surface area contributed by atoms with Crippen LogP contribution < -0.4 is 5.32 Å². The first-order valence-electron chi connectivity index (χ1n) is 7.94. The average Bonchev–Trinajstić information content (AvgIpc) is 2.31. The van der Waals surface area contributed by atoms with Crippen LogP contribution >= 0.6 is 0 Å². The van der Waals surface area contributed by atoms with E-state index in [2.05, 4.69) is 26.1 Å². The molecule has 0 aromatic heterocycles. The zero-order chi connectivity index (χ0) is 13.7. The average molecular weight is 257 g/mol. The normalized spacial score (nSPS) is 12.0. The lowest BCUT2D eigenvalue weighted by Gasteiger charge is -2.23. The van der Waals surface area contributed by atoms with Gasteiger partial charge in [-0.2, -0.15) is 0 Å². The monoisotopic (exact) mass is 257 g/mol. The summed E-state index contributed by atoms with van der Waals surface area (Å²) in [6.45, 7) is 9.14. The topological polar surface area (TPSA) is 32.3 Å². The van der Waals surface area contributed by atoms with Gasteiger partial charge in [0, 0.05) is 13.2 Å². The van der Waals surface area contributed by atoms with Crippen molar-refractivity contribution in [1.82, 2.24) is 5.32 Å². The van der Waals surface area contributed by atoms with Crippen LogP contribution in [0.1, 0.15) is 78.6 Å². The van der Waals surface area contributed by atoms with Gasteiger partial charge >= 0.3 is 0 Å². The number of aliphatic hydroxyl groups is 1. The van der Waals surface area contributed by atoms with E-state index in [9.17, 15) is 0 Å². The van der Waals surface area contributed by atoms with E-state index in [-0.39, 0.29) is 5.41 Å². The third-order valence-electron chi connectivity index (χ3n) is 3.60. The molecule has 0 aromatic rings. The summed E-state index contributed by atoms with van der Waals surface area (Å²) < 4.78 is 0. The molecule has 0 aliphatic carbocycles. The molecule has 110 valence electrons. The number of hydrogen-bond acceptors (Lipinski definition) is 2. The maximum absolute atomic E-state index is 8.94. The van der Waals surface area contributed by atoms with Gasteiger partial charge in [-0.1, -0.05) is 65.7 Å². The Morgan fingerprint density at radius 2 is 1.44 bits per heavy atom. The predicted molar refractivity (Wildman–Crippen MR) is 81.0 cm³/mol. The van der Waals surface area contributed by atoms with Gasteiger partial charge in [0.1, 0.15) is 0 Å². The van der Waals surface area contributed by atoms with E-state index < -0.39 is 0 Å². The fourth-order valence-corrected chi connectivity index (χ4v) is 2.20. The van der Waals surface area contributed by atoms with Crippen molar-refractivity contribution < 1.29 is 5.11 Å². The molecule has 0 atom stereocenters. The summed E-state index contributed by atoms with van der Waals surface area (Å²) in [6.07, 6.45) is 11.9. The Labute approximate surface area is 115 Å². The van der Waals surface area contributed by atoms with Gasteiger partial charge in [0.15, 0.2) is 0 Å². The maximum atomic E-state index is 8.94. The van der Waals surface area contributed by atoms with Crippen LogP contribution in [0.15, 0.2) is 0 Å². The first-order chi connectivity index (χ1) is 8.62. The Morgan fingerprint density at radius 3 is 2.00 bits per heavy atom. The van der Waals surface area contributed by atoms with Gasteiger partial charge < -0.3 is 10.4 Å². The molecule has 0 amide bonds. The number of unbranched alkanes of at least 4 members (excludes halogenated alkanes) is 7. The first-order valence-corrected chi connectivity index (χ1v) is 7.94. The summed E-state index contributed by atoms with van der Waals surface area (Å²) in [6, 6.07) is 0. The van der Waals surface area contributed by atoms with E-state index in [1.165, 1.54) is 51.4 Å². The Balaban J connectivity index is 3.16. The molecule has 0 radical (unpaired) electrons. The minimum Gasteiger partial charge on any atom is -0.396 e. The van der Waals surface area contributed by atoms with Crippen LogP contribution in [0.3, 0.4) is 0 Å².